The lowest BCUT2D eigenvalue weighted by Crippen LogP contribution is -2.20. The van der Waals surface area contributed by atoms with E-state index in [4.69, 9.17) is 9.84 Å². The molecular formula is C13H16N2O3. The number of carbonyl (C=O) groups is 1. The van der Waals surface area contributed by atoms with Gasteiger partial charge in [-0.25, -0.2) is 4.79 Å². The van der Waals surface area contributed by atoms with Gasteiger partial charge in [0.05, 0.1) is 12.8 Å². The van der Waals surface area contributed by atoms with Gasteiger partial charge >= 0.3 is 6.09 Å². The fraction of sp³-hybridized carbons (Fsp3) is 0.308. The van der Waals surface area contributed by atoms with Crippen molar-refractivity contribution < 1.29 is 14.6 Å². The molecule has 1 aliphatic rings. The highest BCUT2D eigenvalue weighted by atomic mass is 16.5. The van der Waals surface area contributed by atoms with Crippen LogP contribution in [0.5, 0.6) is 5.75 Å². The van der Waals surface area contributed by atoms with Crippen molar-refractivity contribution in [2.45, 2.75) is 6.42 Å². The third-order valence-electron chi connectivity index (χ3n) is 2.88. The molecule has 18 heavy (non-hydrogen) atoms. The van der Waals surface area contributed by atoms with E-state index in [1.165, 1.54) is 12.7 Å². The van der Waals surface area contributed by atoms with Gasteiger partial charge in [-0.05, 0) is 36.2 Å². The van der Waals surface area contributed by atoms with Crippen molar-refractivity contribution in [1.29, 1.82) is 0 Å². The highest BCUT2D eigenvalue weighted by molar-refractivity contribution is 5.86. The third-order valence-corrected chi connectivity index (χ3v) is 2.88. The topological polar surface area (TPSA) is 70.6 Å². The Balaban J connectivity index is 2.29. The van der Waals surface area contributed by atoms with Crippen molar-refractivity contribution in [3.63, 3.8) is 0 Å². The minimum absolute atomic E-state index is 0.461. The zero-order chi connectivity index (χ0) is 13.0. The molecular weight excluding hydrogens is 232 g/mol. The zero-order valence-corrected chi connectivity index (χ0v) is 10.2. The van der Waals surface area contributed by atoms with Crippen LogP contribution in [0.3, 0.4) is 0 Å². The molecule has 0 aromatic heterocycles. The number of rotatable bonds is 3. The Bertz CT molecular complexity index is 483. The maximum Gasteiger partial charge on any atom is 0.409 e. The average molecular weight is 248 g/mol. The standard InChI is InChI=1S/C13H16N2O3/c1-18-12-8-10(9-4-6-14-7-5-9)2-3-11(12)15-13(16)17/h2-4,8,14-15H,5-7H2,1H3,(H,16,17). The molecule has 2 rings (SSSR count). The number of nitrogens with one attached hydrogen (secondary N) is 2. The van der Waals surface area contributed by atoms with Crippen LogP contribution < -0.4 is 15.4 Å². The van der Waals surface area contributed by atoms with Crippen molar-refractivity contribution in [2.24, 2.45) is 0 Å². The van der Waals surface area contributed by atoms with Gasteiger partial charge in [0.15, 0.2) is 0 Å². The number of methoxy groups -OCH3 is 1. The van der Waals surface area contributed by atoms with Gasteiger partial charge in [0.25, 0.3) is 0 Å². The predicted octanol–water partition coefficient (Wildman–Crippen LogP) is 2.16. The Kier molecular flexibility index (Phi) is 3.84. The molecule has 0 bridgehead atoms. The first-order valence-corrected chi connectivity index (χ1v) is 5.79. The SMILES string of the molecule is COc1cc(C2=CCNCC2)ccc1NC(=O)O. The molecule has 0 saturated heterocycles. The maximum atomic E-state index is 10.6. The first-order valence-electron chi connectivity index (χ1n) is 5.79. The van der Waals surface area contributed by atoms with Crippen molar-refractivity contribution in [1.82, 2.24) is 5.32 Å². The fourth-order valence-corrected chi connectivity index (χ4v) is 1.99. The summed E-state index contributed by atoms with van der Waals surface area (Å²) < 4.78 is 5.21. The summed E-state index contributed by atoms with van der Waals surface area (Å²) in [5, 5.41) is 14.3. The predicted molar refractivity (Wildman–Crippen MR) is 70.1 cm³/mol. The minimum atomic E-state index is -1.10. The second kappa shape index (κ2) is 5.55. The fourth-order valence-electron chi connectivity index (χ4n) is 1.99. The van der Waals surface area contributed by atoms with Gasteiger partial charge in [-0.3, -0.25) is 5.32 Å². The molecule has 0 aliphatic carbocycles. The Morgan fingerprint density at radius 1 is 1.50 bits per heavy atom. The Morgan fingerprint density at radius 3 is 2.94 bits per heavy atom. The van der Waals surface area contributed by atoms with Crippen molar-refractivity contribution in [2.75, 3.05) is 25.5 Å². The van der Waals surface area contributed by atoms with E-state index < -0.39 is 6.09 Å². The highest BCUT2D eigenvalue weighted by Crippen LogP contribution is 2.30. The van der Waals surface area contributed by atoms with E-state index >= 15 is 0 Å². The van der Waals surface area contributed by atoms with Crippen LogP contribution in [0.25, 0.3) is 5.57 Å². The summed E-state index contributed by atoms with van der Waals surface area (Å²) in [6, 6.07) is 5.50. The molecule has 5 heteroatoms. The van der Waals surface area contributed by atoms with E-state index in [1.807, 2.05) is 12.1 Å². The summed E-state index contributed by atoms with van der Waals surface area (Å²) in [6.07, 6.45) is 2.01. The van der Waals surface area contributed by atoms with Gasteiger partial charge in [0, 0.05) is 6.54 Å². The molecule has 0 fully saturated rings. The molecule has 0 saturated carbocycles. The number of anilines is 1. The first-order chi connectivity index (χ1) is 8.70. The smallest absolute Gasteiger partial charge is 0.409 e. The zero-order valence-electron chi connectivity index (χ0n) is 10.2. The van der Waals surface area contributed by atoms with Crippen LogP contribution in [-0.2, 0) is 0 Å². The molecule has 3 N–H and O–H groups in total. The number of carboxylic acid groups (broad SMARTS) is 1. The molecule has 0 spiro atoms. The number of benzene rings is 1. The number of ether oxygens (including phenoxy) is 1. The third kappa shape index (κ3) is 2.81. The van der Waals surface area contributed by atoms with Gasteiger partial charge in [-0.1, -0.05) is 12.1 Å². The van der Waals surface area contributed by atoms with Gasteiger partial charge in [-0.15, -0.1) is 0 Å². The Labute approximate surface area is 105 Å². The van der Waals surface area contributed by atoms with E-state index in [0.717, 1.165) is 25.1 Å². The van der Waals surface area contributed by atoms with Gasteiger partial charge in [-0.2, -0.15) is 0 Å². The molecule has 1 aromatic carbocycles. The van der Waals surface area contributed by atoms with Crippen LogP contribution >= 0.6 is 0 Å². The van der Waals surface area contributed by atoms with Crippen LogP contribution in [0, 0.1) is 0 Å². The maximum absolute atomic E-state index is 10.6. The minimum Gasteiger partial charge on any atom is -0.495 e. The summed E-state index contributed by atoms with van der Waals surface area (Å²) in [4.78, 5) is 10.6. The van der Waals surface area contributed by atoms with E-state index in [2.05, 4.69) is 16.7 Å². The molecule has 1 aliphatic heterocycles. The van der Waals surface area contributed by atoms with Gasteiger partial charge in [0.2, 0.25) is 0 Å². The summed E-state index contributed by atoms with van der Waals surface area (Å²) in [5.74, 6) is 0.536. The lowest BCUT2D eigenvalue weighted by atomic mass is 9.99. The lowest BCUT2D eigenvalue weighted by molar-refractivity contribution is 0.209. The van der Waals surface area contributed by atoms with E-state index in [1.54, 1.807) is 6.07 Å². The first kappa shape index (κ1) is 12.4. The molecule has 1 amide bonds. The monoisotopic (exact) mass is 248 g/mol. The molecule has 0 atom stereocenters. The molecule has 1 aromatic rings. The van der Waals surface area contributed by atoms with Crippen LogP contribution in [0.15, 0.2) is 24.3 Å². The Morgan fingerprint density at radius 2 is 2.33 bits per heavy atom. The van der Waals surface area contributed by atoms with Crippen LogP contribution in [-0.4, -0.2) is 31.4 Å². The van der Waals surface area contributed by atoms with Gasteiger partial charge < -0.3 is 15.2 Å². The average Bonchev–Trinajstić information content (AvgIpc) is 2.39. The number of amides is 1. The van der Waals surface area contributed by atoms with E-state index in [9.17, 15) is 4.79 Å². The van der Waals surface area contributed by atoms with Crippen LogP contribution in [0.2, 0.25) is 0 Å². The van der Waals surface area contributed by atoms with Crippen molar-refractivity contribution in [3.05, 3.63) is 29.8 Å². The summed E-state index contributed by atoms with van der Waals surface area (Å²) >= 11 is 0. The highest BCUT2D eigenvalue weighted by Gasteiger charge is 2.10. The molecule has 0 radical (unpaired) electrons. The molecule has 0 unspecified atom stereocenters. The number of hydrogen-bond donors (Lipinski definition) is 3. The quantitative estimate of drug-likeness (QED) is 0.766. The van der Waals surface area contributed by atoms with E-state index in [0.29, 0.717) is 11.4 Å². The van der Waals surface area contributed by atoms with E-state index in [-0.39, 0.29) is 0 Å². The molecule has 5 nitrogen and oxygen atoms in total. The second-order valence-corrected chi connectivity index (χ2v) is 4.03. The summed E-state index contributed by atoms with van der Waals surface area (Å²) in [6.45, 7) is 1.83. The second-order valence-electron chi connectivity index (χ2n) is 4.03. The normalized spacial score (nSPS) is 14.8. The lowest BCUT2D eigenvalue weighted by Gasteiger charge is -2.16. The summed E-state index contributed by atoms with van der Waals surface area (Å²) in [7, 11) is 1.53. The van der Waals surface area contributed by atoms with Crippen molar-refractivity contribution >= 4 is 17.4 Å². The molecule has 1 heterocycles. The summed E-state index contributed by atoms with van der Waals surface area (Å²) in [5.41, 5.74) is 2.79. The number of hydrogen-bond acceptors (Lipinski definition) is 3. The van der Waals surface area contributed by atoms with Gasteiger partial charge in [0.1, 0.15) is 5.75 Å². The molecule has 96 valence electrons. The largest absolute Gasteiger partial charge is 0.495 e. The van der Waals surface area contributed by atoms with Crippen LogP contribution in [0.1, 0.15) is 12.0 Å². The van der Waals surface area contributed by atoms with Crippen molar-refractivity contribution in [3.8, 4) is 5.75 Å². The van der Waals surface area contributed by atoms with Crippen LogP contribution in [0.4, 0.5) is 10.5 Å². The Hall–Kier alpha value is -2.01.